The number of aryl methyl sites for hydroxylation is 1. The van der Waals surface area contributed by atoms with Crippen LogP contribution in [0.4, 0.5) is 5.69 Å². The maximum Gasteiger partial charge on any atom is 0.326 e. The molecule has 0 radical (unpaired) electrons. The number of hydrogen-bond acceptors (Lipinski definition) is 4. The average molecular weight is 283 g/mol. The number of carboxylic acids is 1. The summed E-state index contributed by atoms with van der Waals surface area (Å²) in [6.07, 6.45) is 1.79. The number of carbonyl (C=O) groups excluding carboxylic acids is 1. The number of nitrogens with one attached hydrogen (secondary N) is 1. The second-order valence-corrected chi connectivity index (χ2v) is 4.63. The van der Waals surface area contributed by atoms with Gasteiger partial charge in [0.25, 0.3) is 11.6 Å². The van der Waals surface area contributed by atoms with Crippen molar-refractivity contribution in [3.63, 3.8) is 0 Å². The van der Waals surface area contributed by atoms with Gasteiger partial charge in [-0.05, 0) is 5.92 Å². The van der Waals surface area contributed by atoms with Crippen LogP contribution >= 0.6 is 0 Å². The molecule has 0 bridgehead atoms. The Morgan fingerprint density at radius 2 is 2.15 bits per heavy atom. The Morgan fingerprint density at radius 3 is 2.55 bits per heavy atom. The first-order valence-corrected chi connectivity index (χ1v) is 6.12. The molecular formula is C12H17N3O5. The van der Waals surface area contributed by atoms with E-state index < -0.39 is 22.8 Å². The molecule has 20 heavy (non-hydrogen) atoms. The van der Waals surface area contributed by atoms with Crippen molar-refractivity contribution in [1.29, 1.82) is 0 Å². The lowest BCUT2D eigenvalue weighted by Crippen LogP contribution is -2.45. The van der Waals surface area contributed by atoms with Crippen LogP contribution in [0.15, 0.2) is 12.3 Å². The topological polar surface area (TPSA) is 114 Å². The number of carbonyl (C=O) groups is 2. The average Bonchev–Trinajstić information content (AvgIpc) is 2.76. The molecule has 1 aromatic rings. The van der Waals surface area contributed by atoms with Crippen LogP contribution in [-0.2, 0) is 11.8 Å². The SMILES string of the molecule is CCC(C)C(NC(=O)c1cc([N+](=O)[O-])cn1C)C(=O)O. The molecule has 8 heteroatoms. The molecule has 2 unspecified atom stereocenters. The summed E-state index contributed by atoms with van der Waals surface area (Å²) in [4.78, 5) is 33.2. The van der Waals surface area contributed by atoms with E-state index in [-0.39, 0.29) is 17.3 Å². The van der Waals surface area contributed by atoms with Crippen LogP contribution in [0, 0.1) is 16.0 Å². The first kappa shape index (κ1) is 15.7. The third-order valence-electron chi connectivity index (χ3n) is 3.20. The minimum atomic E-state index is -1.13. The number of carboxylic acid groups (broad SMARTS) is 1. The molecule has 1 amide bonds. The molecule has 0 spiro atoms. The molecule has 110 valence electrons. The molecule has 0 fully saturated rings. The van der Waals surface area contributed by atoms with Crippen molar-refractivity contribution in [2.45, 2.75) is 26.3 Å². The van der Waals surface area contributed by atoms with Crippen molar-refractivity contribution < 1.29 is 19.6 Å². The first-order chi connectivity index (χ1) is 9.27. The van der Waals surface area contributed by atoms with E-state index in [4.69, 9.17) is 5.11 Å². The molecule has 0 saturated heterocycles. The van der Waals surface area contributed by atoms with Crippen molar-refractivity contribution >= 4 is 17.6 Å². The summed E-state index contributed by atoms with van der Waals surface area (Å²) in [6.45, 7) is 3.53. The molecule has 1 heterocycles. The second kappa shape index (κ2) is 6.18. The van der Waals surface area contributed by atoms with E-state index in [1.807, 2.05) is 6.92 Å². The van der Waals surface area contributed by atoms with Crippen molar-refractivity contribution in [3.8, 4) is 0 Å². The van der Waals surface area contributed by atoms with E-state index in [2.05, 4.69) is 5.32 Å². The van der Waals surface area contributed by atoms with Gasteiger partial charge in [0.1, 0.15) is 11.7 Å². The summed E-state index contributed by atoms with van der Waals surface area (Å²) in [5.74, 6) is -2.02. The molecule has 2 N–H and O–H groups in total. The largest absolute Gasteiger partial charge is 0.480 e. The highest BCUT2D eigenvalue weighted by molar-refractivity contribution is 5.96. The van der Waals surface area contributed by atoms with E-state index in [0.717, 1.165) is 6.07 Å². The van der Waals surface area contributed by atoms with Crippen molar-refractivity contribution in [3.05, 3.63) is 28.1 Å². The lowest BCUT2D eigenvalue weighted by atomic mass is 9.99. The summed E-state index contributed by atoms with van der Waals surface area (Å²) in [6, 6.07) is 0.0895. The van der Waals surface area contributed by atoms with Gasteiger partial charge < -0.3 is 15.0 Å². The van der Waals surface area contributed by atoms with Gasteiger partial charge in [0.15, 0.2) is 0 Å². The van der Waals surface area contributed by atoms with Crippen molar-refractivity contribution in [1.82, 2.24) is 9.88 Å². The van der Waals surface area contributed by atoms with Gasteiger partial charge in [-0.1, -0.05) is 20.3 Å². The summed E-state index contributed by atoms with van der Waals surface area (Å²) >= 11 is 0. The maximum absolute atomic E-state index is 12.0. The van der Waals surface area contributed by atoms with Gasteiger partial charge in [-0.15, -0.1) is 0 Å². The zero-order valence-corrected chi connectivity index (χ0v) is 11.5. The smallest absolute Gasteiger partial charge is 0.326 e. The van der Waals surface area contributed by atoms with Crippen LogP contribution < -0.4 is 5.32 Å². The number of amides is 1. The molecule has 0 aliphatic rings. The molecule has 0 saturated carbocycles. The molecule has 0 aliphatic heterocycles. The number of aliphatic carboxylic acids is 1. The van der Waals surface area contributed by atoms with Crippen molar-refractivity contribution in [2.24, 2.45) is 13.0 Å². The highest BCUT2D eigenvalue weighted by Gasteiger charge is 2.27. The highest BCUT2D eigenvalue weighted by Crippen LogP contribution is 2.16. The van der Waals surface area contributed by atoms with E-state index in [9.17, 15) is 19.7 Å². The molecule has 0 aromatic carbocycles. The number of rotatable bonds is 6. The zero-order chi connectivity index (χ0) is 15.4. The quantitative estimate of drug-likeness (QED) is 0.600. The van der Waals surface area contributed by atoms with Gasteiger partial charge in [-0.25, -0.2) is 4.79 Å². The lowest BCUT2D eigenvalue weighted by Gasteiger charge is -2.20. The van der Waals surface area contributed by atoms with E-state index >= 15 is 0 Å². The van der Waals surface area contributed by atoms with Crippen molar-refractivity contribution in [2.75, 3.05) is 0 Å². The predicted molar refractivity (Wildman–Crippen MR) is 70.4 cm³/mol. The fourth-order valence-corrected chi connectivity index (χ4v) is 1.77. The third kappa shape index (κ3) is 3.34. The van der Waals surface area contributed by atoms with Crippen LogP contribution in [0.1, 0.15) is 30.8 Å². The molecule has 1 aromatic heterocycles. The van der Waals surface area contributed by atoms with Crippen LogP contribution in [0.3, 0.4) is 0 Å². The Balaban J connectivity index is 2.95. The number of hydrogen-bond donors (Lipinski definition) is 2. The number of nitrogens with zero attached hydrogens (tertiary/aromatic N) is 2. The fourth-order valence-electron chi connectivity index (χ4n) is 1.77. The van der Waals surface area contributed by atoms with Gasteiger partial charge >= 0.3 is 5.97 Å². The van der Waals surface area contributed by atoms with Crippen LogP contribution in [-0.4, -0.2) is 32.5 Å². The predicted octanol–water partition coefficient (Wildman–Crippen LogP) is 1.16. The number of aromatic nitrogens is 1. The molecule has 8 nitrogen and oxygen atoms in total. The summed E-state index contributed by atoms with van der Waals surface area (Å²) in [5.41, 5.74) is -0.167. The highest BCUT2D eigenvalue weighted by atomic mass is 16.6. The summed E-state index contributed by atoms with van der Waals surface area (Å²) in [5, 5.41) is 22.1. The molecule has 0 aliphatic carbocycles. The Labute approximate surface area is 115 Å². The van der Waals surface area contributed by atoms with E-state index in [1.54, 1.807) is 6.92 Å². The van der Waals surface area contributed by atoms with Crippen LogP contribution in [0.2, 0.25) is 0 Å². The monoisotopic (exact) mass is 283 g/mol. The third-order valence-corrected chi connectivity index (χ3v) is 3.20. The minimum absolute atomic E-state index is 0.0475. The molecular weight excluding hydrogens is 266 g/mol. The van der Waals surface area contributed by atoms with Gasteiger partial charge in [-0.3, -0.25) is 14.9 Å². The standard InChI is InChI=1S/C12H17N3O5/c1-4-7(2)10(12(17)18)13-11(16)9-5-8(15(19)20)6-14(9)3/h5-7,10H,4H2,1-3H3,(H,13,16)(H,17,18). The normalized spacial score (nSPS) is 13.6. The maximum atomic E-state index is 12.0. The van der Waals surface area contributed by atoms with Gasteiger partial charge in [0.05, 0.1) is 11.1 Å². The Kier molecular flexibility index (Phi) is 4.84. The van der Waals surface area contributed by atoms with Crippen LogP contribution in [0.25, 0.3) is 0 Å². The van der Waals surface area contributed by atoms with Crippen LogP contribution in [0.5, 0.6) is 0 Å². The van der Waals surface area contributed by atoms with Gasteiger partial charge in [-0.2, -0.15) is 0 Å². The molecule has 2 atom stereocenters. The van der Waals surface area contributed by atoms with E-state index in [1.165, 1.54) is 17.8 Å². The minimum Gasteiger partial charge on any atom is -0.480 e. The molecule has 1 rings (SSSR count). The first-order valence-electron chi connectivity index (χ1n) is 6.12. The van der Waals surface area contributed by atoms with Gasteiger partial charge in [0, 0.05) is 13.1 Å². The summed E-state index contributed by atoms with van der Waals surface area (Å²) in [7, 11) is 1.49. The zero-order valence-electron chi connectivity index (χ0n) is 11.5. The van der Waals surface area contributed by atoms with E-state index in [0.29, 0.717) is 6.42 Å². The Hall–Kier alpha value is -2.38. The fraction of sp³-hybridized carbons (Fsp3) is 0.500. The Bertz CT molecular complexity index is 537. The Morgan fingerprint density at radius 1 is 1.55 bits per heavy atom. The number of nitro groups is 1. The van der Waals surface area contributed by atoms with Gasteiger partial charge in [0.2, 0.25) is 0 Å². The lowest BCUT2D eigenvalue weighted by molar-refractivity contribution is -0.384. The summed E-state index contributed by atoms with van der Waals surface area (Å²) < 4.78 is 1.29. The second-order valence-electron chi connectivity index (χ2n) is 4.63.